The molecule has 12 heteroatoms. The van der Waals surface area contributed by atoms with Crippen LogP contribution in [0.5, 0.6) is 5.75 Å². The molecule has 0 bridgehead atoms. The van der Waals surface area contributed by atoms with Gasteiger partial charge in [0, 0.05) is 29.8 Å². The van der Waals surface area contributed by atoms with Gasteiger partial charge in [-0.25, -0.2) is 4.98 Å². The van der Waals surface area contributed by atoms with Gasteiger partial charge in [-0.15, -0.1) is 0 Å². The van der Waals surface area contributed by atoms with Gasteiger partial charge in [0.05, 0.1) is 30.8 Å². The van der Waals surface area contributed by atoms with Crippen molar-refractivity contribution >= 4 is 23.1 Å². The zero-order valence-corrected chi connectivity index (χ0v) is 17.3. The number of rotatable bonds is 9. The summed E-state index contributed by atoms with van der Waals surface area (Å²) in [6, 6.07) is 8.82. The summed E-state index contributed by atoms with van der Waals surface area (Å²) in [5, 5.41) is 23.3. The van der Waals surface area contributed by atoms with Crippen LogP contribution in [0.1, 0.15) is 6.92 Å². The van der Waals surface area contributed by atoms with E-state index in [9.17, 15) is 10.1 Å². The smallest absolute Gasteiger partial charge is 0.338 e. The minimum Gasteiger partial charge on any atom is -0.494 e. The van der Waals surface area contributed by atoms with Gasteiger partial charge in [-0.05, 0) is 37.3 Å². The average molecular weight is 435 g/mol. The van der Waals surface area contributed by atoms with Crippen molar-refractivity contribution in [3.05, 3.63) is 65.2 Å². The SMILES string of the molecule is CCOc1ccc(Nc2nc(N)nc(-c3cnn(CCn4cccn4)c3)c2[N+](=O)[O-])cc1. The van der Waals surface area contributed by atoms with E-state index in [4.69, 9.17) is 10.5 Å². The Morgan fingerprint density at radius 2 is 1.94 bits per heavy atom. The fourth-order valence-electron chi connectivity index (χ4n) is 3.12. The van der Waals surface area contributed by atoms with Gasteiger partial charge in [-0.3, -0.25) is 19.5 Å². The normalized spacial score (nSPS) is 10.8. The van der Waals surface area contributed by atoms with Crippen LogP contribution in [0.4, 0.5) is 23.1 Å². The van der Waals surface area contributed by atoms with Crippen LogP contribution < -0.4 is 15.8 Å². The number of hydrogen-bond acceptors (Lipinski definition) is 9. The van der Waals surface area contributed by atoms with Gasteiger partial charge in [-0.2, -0.15) is 15.2 Å². The number of aryl methyl sites for hydroxylation is 2. The second-order valence-electron chi connectivity index (χ2n) is 6.73. The van der Waals surface area contributed by atoms with Crippen LogP contribution in [0.15, 0.2) is 55.1 Å². The number of benzene rings is 1. The van der Waals surface area contributed by atoms with Crippen molar-refractivity contribution in [2.24, 2.45) is 0 Å². The first kappa shape index (κ1) is 20.8. The largest absolute Gasteiger partial charge is 0.494 e. The Labute approximate surface area is 182 Å². The molecule has 4 aromatic rings. The lowest BCUT2D eigenvalue weighted by molar-refractivity contribution is -0.383. The number of nitrogens with zero attached hydrogens (tertiary/aromatic N) is 7. The molecule has 3 N–H and O–H groups in total. The Morgan fingerprint density at radius 1 is 1.16 bits per heavy atom. The summed E-state index contributed by atoms with van der Waals surface area (Å²) in [6.07, 6.45) is 6.73. The standard InChI is InChI=1S/C20H21N9O3/c1-2-32-16-6-4-15(5-7-16)24-19-18(29(30)31)17(25-20(21)26-19)14-12-23-28(13-14)11-10-27-9-3-8-22-27/h3-9,12-13H,2,10-11H2,1H3,(H3,21,24,25,26). The van der Waals surface area contributed by atoms with E-state index in [1.54, 1.807) is 46.0 Å². The van der Waals surface area contributed by atoms with Crippen molar-refractivity contribution in [3.63, 3.8) is 0 Å². The number of aromatic nitrogens is 6. The average Bonchev–Trinajstić information content (AvgIpc) is 3.45. The van der Waals surface area contributed by atoms with Crippen LogP contribution in [0, 0.1) is 10.1 Å². The third kappa shape index (κ3) is 4.64. The predicted molar refractivity (Wildman–Crippen MR) is 117 cm³/mol. The molecule has 0 aliphatic carbocycles. The number of ether oxygens (including phenoxy) is 1. The summed E-state index contributed by atoms with van der Waals surface area (Å²) in [5.74, 6) is 0.590. The lowest BCUT2D eigenvalue weighted by Crippen LogP contribution is -2.08. The number of nitro groups is 1. The van der Waals surface area contributed by atoms with Crippen molar-refractivity contribution in [2.75, 3.05) is 17.7 Å². The van der Waals surface area contributed by atoms with Crippen LogP contribution in [-0.4, -0.2) is 41.1 Å². The summed E-state index contributed by atoms with van der Waals surface area (Å²) in [7, 11) is 0. The van der Waals surface area contributed by atoms with Crippen LogP contribution in [0.3, 0.4) is 0 Å². The van der Waals surface area contributed by atoms with E-state index in [0.717, 1.165) is 0 Å². The number of nitrogens with one attached hydrogen (secondary N) is 1. The highest BCUT2D eigenvalue weighted by atomic mass is 16.6. The lowest BCUT2D eigenvalue weighted by atomic mass is 10.2. The van der Waals surface area contributed by atoms with Gasteiger partial charge in [0.2, 0.25) is 11.8 Å². The maximum Gasteiger partial charge on any atom is 0.338 e. The molecule has 3 heterocycles. The van der Waals surface area contributed by atoms with E-state index in [1.165, 1.54) is 6.20 Å². The van der Waals surface area contributed by atoms with E-state index < -0.39 is 4.92 Å². The summed E-state index contributed by atoms with van der Waals surface area (Å²) in [5.41, 5.74) is 6.71. The Bertz CT molecular complexity index is 1200. The van der Waals surface area contributed by atoms with Gasteiger partial charge in [0.1, 0.15) is 5.75 Å². The summed E-state index contributed by atoms with van der Waals surface area (Å²) in [6.45, 7) is 3.57. The molecule has 0 saturated carbocycles. The summed E-state index contributed by atoms with van der Waals surface area (Å²) in [4.78, 5) is 19.6. The van der Waals surface area contributed by atoms with Crippen molar-refractivity contribution < 1.29 is 9.66 Å². The molecule has 0 aliphatic heterocycles. The molecule has 0 amide bonds. The van der Waals surface area contributed by atoms with Crippen LogP contribution in [-0.2, 0) is 13.1 Å². The van der Waals surface area contributed by atoms with E-state index >= 15 is 0 Å². The van der Waals surface area contributed by atoms with Crippen LogP contribution in [0.25, 0.3) is 11.3 Å². The van der Waals surface area contributed by atoms with Crippen LogP contribution >= 0.6 is 0 Å². The fourth-order valence-corrected chi connectivity index (χ4v) is 3.12. The highest BCUT2D eigenvalue weighted by molar-refractivity contribution is 5.80. The monoisotopic (exact) mass is 435 g/mol. The minimum absolute atomic E-state index is 0.00838. The maximum absolute atomic E-state index is 11.9. The summed E-state index contributed by atoms with van der Waals surface area (Å²) >= 11 is 0. The fraction of sp³-hybridized carbons (Fsp3) is 0.200. The minimum atomic E-state index is -0.535. The molecule has 3 aromatic heterocycles. The molecule has 164 valence electrons. The van der Waals surface area contributed by atoms with E-state index in [-0.39, 0.29) is 23.1 Å². The first-order valence-electron chi connectivity index (χ1n) is 9.85. The molecule has 0 fully saturated rings. The van der Waals surface area contributed by atoms with Gasteiger partial charge in [0.25, 0.3) is 0 Å². The Hall–Kier alpha value is -4.48. The van der Waals surface area contributed by atoms with Crippen molar-refractivity contribution in [1.29, 1.82) is 0 Å². The number of nitrogen functional groups attached to an aromatic ring is 1. The quantitative estimate of drug-likeness (QED) is 0.298. The van der Waals surface area contributed by atoms with Crippen molar-refractivity contribution in [2.45, 2.75) is 20.0 Å². The Kier molecular flexibility index (Phi) is 5.92. The zero-order valence-electron chi connectivity index (χ0n) is 17.3. The molecule has 12 nitrogen and oxygen atoms in total. The predicted octanol–water partition coefficient (Wildman–Crippen LogP) is 2.87. The first-order valence-corrected chi connectivity index (χ1v) is 9.85. The summed E-state index contributed by atoms with van der Waals surface area (Å²) < 4.78 is 8.85. The maximum atomic E-state index is 11.9. The lowest BCUT2D eigenvalue weighted by Gasteiger charge is -2.10. The van der Waals surface area contributed by atoms with Crippen molar-refractivity contribution in [3.8, 4) is 17.0 Å². The van der Waals surface area contributed by atoms with E-state index in [1.807, 2.05) is 19.2 Å². The van der Waals surface area contributed by atoms with Gasteiger partial charge in [-0.1, -0.05) is 0 Å². The zero-order chi connectivity index (χ0) is 22.5. The van der Waals surface area contributed by atoms with Crippen molar-refractivity contribution in [1.82, 2.24) is 29.5 Å². The molecule has 0 saturated heterocycles. The topological polar surface area (TPSA) is 152 Å². The third-order valence-electron chi connectivity index (χ3n) is 4.54. The molecule has 0 aliphatic rings. The van der Waals surface area contributed by atoms with E-state index in [2.05, 4.69) is 25.5 Å². The number of hydrogen-bond donors (Lipinski definition) is 2. The Balaban J connectivity index is 1.62. The third-order valence-corrected chi connectivity index (χ3v) is 4.54. The molecule has 0 spiro atoms. The highest BCUT2D eigenvalue weighted by Gasteiger charge is 2.26. The molecule has 32 heavy (non-hydrogen) atoms. The second-order valence-corrected chi connectivity index (χ2v) is 6.73. The van der Waals surface area contributed by atoms with E-state index in [0.29, 0.717) is 36.7 Å². The first-order chi connectivity index (χ1) is 15.5. The highest BCUT2D eigenvalue weighted by Crippen LogP contribution is 2.35. The molecular formula is C20H21N9O3. The van der Waals surface area contributed by atoms with Crippen LogP contribution in [0.2, 0.25) is 0 Å². The molecular weight excluding hydrogens is 414 g/mol. The van der Waals surface area contributed by atoms with Gasteiger partial charge < -0.3 is 15.8 Å². The molecule has 4 rings (SSSR count). The molecule has 0 radical (unpaired) electrons. The molecule has 0 atom stereocenters. The molecule has 1 aromatic carbocycles. The van der Waals surface area contributed by atoms with Gasteiger partial charge >= 0.3 is 5.69 Å². The molecule has 0 unspecified atom stereocenters. The number of nitrogens with two attached hydrogens (primary N) is 1. The number of anilines is 3. The Morgan fingerprint density at radius 3 is 2.62 bits per heavy atom. The second kappa shape index (κ2) is 9.12. The van der Waals surface area contributed by atoms with Gasteiger partial charge in [0.15, 0.2) is 5.69 Å².